The SMILES string of the molecule is [2H]c1nc(C)nc(NBN)n1. The molecule has 3 N–H and O–H groups in total. The van der Waals surface area contributed by atoms with E-state index in [4.69, 9.17) is 7.02 Å². The number of nitrogens with two attached hydrogens (primary N) is 1. The number of anilines is 1. The van der Waals surface area contributed by atoms with Crippen LogP contribution in [0.4, 0.5) is 5.95 Å². The molecule has 52 valence electrons. The number of aromatic nitrogens is 3. The smallest absolute Gasteiger partial charge is 0.318 e. The molecule has 0 unspecified atom stereocenters. The summed E-state index contributed by atoms with van der Waals surface area (Å²) in [5.74, 6) is 0.867. The molecular formula is C4H8BN5. The second-order valence-corrected chi connectivity index (χ2v) is 1.69. The van der Waals surface area contributed by atoms with E-state index in [1.165, 1.54) is 0 Å². The zero-order valence-corrected chi connectivity index (χ0v) is 5.63. The Kier molecular flexibility index (Phi) is 1.75. The Balaban J connectivity index is 2.89. The number of hydrogen-bond acceptors (Lipinski definition) is 5. The average Bonchev–Trinajstić information content (AvgIpc) is 1.85. The van der Waals surface area contributed by atoms with Gasteiger partial charge in [-0.1, -0.05) is 0 Å². The van der Waals surface area contributed by atoms with Gasteiger partial charge >= 0.3 is 7.55 Å². The fourth-order valence-electron chi connectivity index (χ4n) is 0.518. The standard InChI is InChI=1S/C4H8BN5/c1-3-7-2-8-4(9-3)10-5-6/h2,5H,6H2,1H3,(H,7,8,9,10)/i2D. The Morgan fingerprint density at radius 1 is 1.80 bits per heavy atom. The number of nitrogens with one attached hydrogen (secondary N) is 1. The molecule has 0 bridgehead atoms. The maximum Gasteiger partial charge on any atom is 0.318 e. The van der Waals surface area contributed by atoms with Crippen LogP contribution in [-0.4, -0.2) is 22.5 Å². The topological polar surface area (TPSA) is 76.7 Å². The predicted molar refractivity (Wildman–Crippen MR) is 39.5 cm³/mol. The normalized spacial score (nSPS) is 10.4. The molecule has 6 heteroatoms. The van der Waals surface area contributed by atoms with E-state index in [1.54, 1.807) is 6.92 Å². The van der Waals surface area contributed by atoms with Crippen LogP contribution in [0, 0.1) is 6.92 Å². The summed E-state index contributed by atoms with van der Waals surface area (Å²) < 4.78 is 7.11. The lowest BCUT2D eigenvalue weighted by molar-refractivity contribution is 0.986. The zero-order valence-electron chi connectivity index (χ0n) is 6.63. The Hall–Kier alpha value is -1.17. The van der Waals surface area contributed by atoms with E-state index in [0.717, 1.165) is 0 Å². The molecule has 5 nitrogen and oxygen atoms in total. The second-order valence-electron chi connectivity index (χ2n) is 1.69. The monoisotopic (exact) mass is 138 g/mol. The first-order chi connectivity index (χ1) is 5.22. The molecule has 0 aliphatic rings. The van der Waals surface area contributed by atoms with E-state index < -0.39 is 0 Å². The molecule has 0 saturated heterocycles. The summed E-state index contributed by atoms with van der Waals surface area (Å²) in [5.41, 5.74) is 5.19. The Labute approximate surface area is 60.8 Å². The minimum absolute atomic E-state index is 0.0477. The van der Waals surface area contributed by atoms with E-state index in [0.29, 0.717) is 11.8 Å². The molecule has 0 fully saturated rings. The first-order valence-electron chi connectivity index (χ1n) is 3.35. The van der Waals surface area contributed by atoms with Crippen molar-refractivity contribution in [2.45, 2.75) is 6.92 Å². The van der Waals surface area contributed by atoms with E-state index in [9.17, 15) is 0 Å². The number of nitrogens with zero attached hydrogens (tertiary/aromatic N) is 3. The maximum atomic E-state index is 7.11. The van der Waals surface area contributed by atoms with Crippen LogP contribution < -0.4 is 10.9 Å². The van der Waals surface area contributed by atoms with E-state index in [-0.39, 0.29) is 13.9 Å². The minimum atomic E-state index is -0.0477. The van der Waals surface area contributed by atoms with Crippen molar-refractivity contribution in [2.75, 3.05) is 5.23 Å². The first kappa shape index (κ1) is 5.61. The van der Waals surface area contributed by atoms with Crippen LogP contribution in [0.15, 0.2) is 6.30 Å². The van der Waals surface area contributed by atoms with Crippen LogP contribution in [0.25, 0.3) is 0 Å². The van der Waals surface area contributed by atoms with Gasteiger partial charge < -0.3 is 10.9 Å². The van der Waals surface area contributed by atoms with Gasteiger partial charge in [-0.3, -0.25) is 0 Å². The van der Waals surface area contributed by atoms with E-state index in [1.807, 2.05) is 0 Å². The third-order valence-electron chi connectivity index (χ3n) is 0.896. The first-order valence-corrected chi connectivity index (χ1v) is 2.85. The van der Waals surface area contributed by atoms with E-state index >= 15 is 0 Å². The lowest BCUT2D eigenvalue weighted by Crippen LogP contribution is -2.18. The molecule has 0 amide bonds. The van der Waals surface area contributed by atoms with Gasteiger partial charge in [-0.15, -0.1) is 0 Å². The summed E-state index contributed by atoms with van der Waals surface area (Å²) in [7, 11) is 0.253. The summed E-state index contributed by atoms with van der Waals surface area (Å²) in [6.45, 7) is 1.70. The van der Waals surface area contributed by atoms with Crippen LogP contribution in [0.5, 0.6) is 0 Å². The van der Waals surface area contributed by atoms with Crippen LogP contribution in [-0.2, 0) is 0 Å². The Morgan fingerprint density at radius 2 is 2.60 bits per heavy atom. The van der Waals surface area contributed by atoms with Crippen LogP contribution in [0.1, 0.15) is 7.20 Å². The van der Waals surface area contributed by atoms with Gasteiger partial charge in [-0.2, -0.15) is 4.98 Å². The molecule has 0 radical (unpaired) electrons. The molecule has 0 spiro atoms. The average molecular weight is 138 g/mol. The number of aryl methyl sites for hydroxylation is 1. The lowest BCUT2D eigenvalue weighted by atomic mass is 10.2. The molecule has 0 saturated carbocycles. The third kappa shape index (κ3) is 1.66. The lowest BCUT2D eigenvalue weighted by Gasteiger charge is -1.97. The second kappa shape index (κ2) is 3.12. The molecule has 0 aliphatic carbocycles. The molecule has 1 aromatic rings. The predicted octanol–water partition coefficient (Wildman–Crippen LogP) is -1.18. The summed E-state index contributed by atoms with van der Waals surface area (Å²) in [6, 6.07) is 0. The number of hydrogen-bond donors (Lipinski definition) is 2. The van der Waals surface area contributed by atoms with Crippen molar-refractivity contribution >= 4 is 13.5 Å². The van der Waals surface area contributed by atoms with Crippen molar-refractivity contribution < 1.29 is 1.37 Å². The maximum absolute atomic E-state index is 7.11. The van der Waals surface area contributed by atoms with Gasteiger partial charge in [0.1, 0.15) is 13.5 Å². The highest BCUT2D eigenvalue weighted by Gasteiger charge is 1.92. The van der Waals surface area contributed by atoms with Crippen molar-refractivity contribution in [3.8, 4) is 0 Å². The largest absolute Gasteiger partial charge is 0.386 e. The highest BCUT2D eigenvalue weighted by molar-refractivity contribution is 6.35. The van der Waals surface area contributed by atoms with Gasteiger partial charge in [0, 0.05) is 0 Å². The highest BCUT2D eigenvalue weighted by Crippen LogP contribution is 1.92. The van der Waals surface area contributed by atoms with Gasteiger partial charge in [0.05, 0.1) is 0 Å². The molecule has 10 heavy (non-hydrogen) atoms. The number of rotatable bonds is 2. The zero-order chi connectivity index (χ0) is 8.27. The highest BCUT2D eigenvalue weighted by atomic mass is 15.1. The molecule has 0 aliphatic heterocycles. The van der Waals surface area contributed by atoms with Crippen molar-refractivity contribution in [1.82, 2.24) is 15.0 Å². The van der Waals surface area contributed by atoms with E-state index in [2.05, 4.69) is 20.2 Å². The molecule has 1 heterocycles. The van der Waals surface area contributed by atoms with Gasteiger partial charge in [0.2, 0.25) is 5.95 Å². The molecular weight excluding hydrogens is 129 g/mol. The van der Waals surface area contributed by atoms with Gasteiger partial charge in [0.15, 0.2) is 0 Å². The molecule has 1 rings (SSSR count). The fourth-order valence-corrected chi connectivity index (χ4v) is 0.518. The summed E-state index contributed by atoms with van der Waals surface area (Å²) in [5, 5.41) is 2.68. The van der Waals surface area contributed by atoms with Crippen molar-refractivity contribution in [2.24, 2.45) is 5.64 Å². The molecule has 0 aromatic carbocycles. The van der Waals surface area contributed by atoms with Gasteiger partial charge in [-0.05, 0) is 6.92 Å². The third-order valence-corrected chi connectivity index (χ3v) is 0.896. The summed E-state index contributed by atoms with van der Waals surface area (Å²) >= 11 is 0. The van der Waals surface area contributed by atoms with Crippen molar-refractivity contribution in [3.05, 3.63) is 12.1 Å². The fraction of sp³-hybridized carbons (Fsp3) is 0.250. The molecule has 1 aromatic heterocycles. The summed E-state index contributed by atoms with van der Waals surface area (Å²) in [6.07, 6.45) is -0.0477. The van der Waals surface area contributed by atoms with Crippen molar-refractivity contribution in [1.29, 1.82) is 0 Å². The summed E-state index contributed by atoms with van der Waals surface area (Å²) in [4.78, 5) is 11.2. The Morgan fingerprint density at radius 3 is 3.20 bits per heavy atom. The van der Waals surface area contributed by atoms with Crippen molar-refractivity contribution in [3.63, 3.8) is 0 Å². The minimum Gasteiger partial charge on any atom is -0.386 e. The Bertz CT molecular complexity index is 234. The quantitative estimate of drug-likeness (QED) is 0.503. The molecule has 0 atom stereocenters. The van der Waals surface area contributed by atoms with Crippen LogP contribution >= 0.6 is 0 Å². The van der Waals surface area contributed by atoms with Crippen LogP contribution in [0.3, 0.4) is 0 Å². The van der Waals surface area contributed by atoms with Gasteiger partial charge in [0.25, 0.3) is 0 Å². The van der Waals surface area contributed by atoms with Crippen LogP contribution in [0.2, 0.25) is 0 Å². The van der Waals surface area contributed by atoms with Gasteiger partial charge in [-0.25, -0.2) is 9.97 Å².